The molecule has 1 saturated heterocycles. The summed E-state index contributed by atoms with van der Waals surface area (Å²) < 4.78 is 0. The molecule has 2 rings (SSSR count). The molecule has 2 atom stereocenters. The molecular weight excluding hydrogens is 202 g/mol. The standard InChI is InChI=1S/C12H17N3O/c1-9-7-11(16)15-12(14-9)13-8-10-5-3-2-4-6-10/h2-6,9,12-14H,7-8H2,1H3,(H,15,16). The largest absolute Gasteiger partial charge is 0.328 e. The van der Waals surface area contributed by atoms with Crippen LogP contribution in [0.5, 0.6) is 0 Å². The summed E-state index contributed by atoms with van der Waals surface area (Å²) in [5.74, 6) is 0.0943. The molecule has 16 heavy (non-hydrogen) atoms. The van der Waals surface area contributed by atoms with Crippen molar-refractivity contribution in [2.75, 3.05) is 0 Å². The number of hydrogen-bond acceptors (Lipinski definition) is 3. The van der Waals surface area contributed by atoms with Crippen molar-refractivity contribution >= 4 is 5.91 Å². The molecule has 1 aromatic carbocycles. The van der Waals surface area contributed by atoms with Gasteiger partial charge in [-0.3, -0.25) is 15.4 Å². The lowest BCUT2D eigenvalue weighted by Crippen LogP contribution is -2.61. The molecule has 1 amide bonds. The summed E-state index contributed by atoms with van der Waals surface area (Å²) in [6.45, 7) is 2.75. The van der Waals surface area contributed by atoms with Crippen LogP contribution in [-0.2, 0) is 11.3 Å². The van der Waals surface area contributed by atoms with E-state index in [4.69, 9.17) is 0 Å². The minimum atomic E-state index is -0.128. The van der Waals surface area contributed by atoms with Gasteiger partial charge in [-0.15, -0.1) is 0 Å². The van der Waals surface area contributed by atoms with Crippen LogP contribution >= 0.6 is 0 Å². The van der Waals surface area contributed by atoms with Gasteiger partial charge in [-0.1, -0.05) is 30.3 Å². The van der Waals surface area contributed by atoms with Crippen LogP contribution in [0.4, 0.5) is 0 Å². The Morgan fingerprint density at radius 1 is 1.38 bits per heavy atom. The average Bonchev–Trinajstić information content (AvgIpc) is 2.27. The van der Waals surface area contributed by atoms with Crippen LogP contribution in [0, 0.1) is 0 Å². The van der Waals surface area contributed by atoms with E-state index in [1.165, 1.54) is 5.56 Å². The molecule has 1 aromatic rings. The number of rotatable bonds is 3. The maximum absolute atomic E-state index is 11.3. The Morgan fingerprint density at radius 2 is 2.12 bits per heavy atom. The number of hydrogen-bond donors (Lipinski definition) is 3. The first-order chi connectivity index (χ1) is 7.74. The highest BCUT2D eigenvalue weighted by Crippen LogP contribution is 2.00. The third-order valence-electron chi connectivity index (χ3n) is 2.60. The average molecular weight is 219 g/mol. The number of amides is 1. The van der Waals surface area contributed by atoms with Crippen molar-refractivity contribution < 1.29 is 4.79 Å². The molecule has 4 nitrogen and oxygen atoms in total. The molecule has 0 saturated carbocycles. The van der Waals surface area contributed by atoms with E-state index >= 15 is 0 Å². The normalized spacial score (nSPS) is 25.2. The second-order valence-electron chi connectivity index (χ2n) is 4.14. The van der Waals surface area contributed by atoms with E-state index in [-0.39, 0.29) is 18.2 Å². The lowest BCUT2D eigenvalue weighted by Gasteiger charge is -2.30. The summed E-state index contributed by atoms with van der Waals surface area (Å²) in [4.78, 5) is 11.3. The first-order valence-electron chi connectivity index (χ1n) is 5.57. The molecule has 0 aliphatic carbocycles. The van der Waals surface area contributed by atoms with Crippen LogP contribution in [0.2, 0.25) is 0 Å². The Kier molecular flexibility index (Phi) is 3.54. The zero-order valence-electron chi connectivity index (χ0n) is 9.36. The fraction of sp³-hybridized carbons (Fsp3) is 0.417. The van der Waals surface area contributed by atoms with E-state index < -0.39 is 0 Å². The molecule has 3 N–H and O–H groups in total. The second-order valence-corrected chi connectivity index (χ2v) is 4.14. The summed E-state index contributed by atoms with van der Waals surface area (Å²) in [6, 6.07) is 10.3. The van der Waals surface area contributed by atoms with Crippen LogP contribution in [0.1, 0.15) is 18.9 Å². The SMILES string of the molecule is CC1CC(=O)NC(NCc2ccccc2)N1. The van der Waals surface area contributed by atoms with Gasteiger partial charge in [-0.2, -0.15) is 0 Å². The third-order valence-corrected chi connectivity index (χ3v) is 2.60. The van der Waals surface area contributed by atoms with E-state index in [0.29, 0.717) is 6.42 Å². The van der Waals surface area contributed by atoms with Crippen molar-refractivity contribution in [2.45, 2.75) is 32.2 Å². The Morgan fingerprint density at radius 3 is 2.81 bits per heavy atom. The first kappa shape index (κ1) is 11.1. The van der Waals surface area contributed by atoms with Gasteiger partial charge in [0.15, 0.2) is 0 Å². The number of nitrogens with one attached hydrogen (secondary N) is 3. The summed E-state index contributed by atoms with van der Waals surface area (Å²) >= 11 is 0. The van der Waals surface area contributed by atoms with E-state index in [2.05, 4.69) is 28.1 Å². The molecule has 1 aliphatic heterocycles. The molecule has 1 aliphatic rings. The molecule has 0 bridgehead atoms. The lowest BCUT2D eigenvalue weighted by atomic mass is 10.2. The minimum Gasteiger partial charge on any atom is -0.328 e. The fourth-order valence-corrected chi connectivity index (χ4v) is 1.81. The van der Waals surface area contributed by atoms with Crippen molar-refractivity contribution in [3.05, 3.63) is 35.9 Å². The highest BCUT2D eigenvalue weighted by Gasteiger charge is 2.21. The summed E-state index contributed by atoms with van der Waals surface area (Å²) in [5.41, 5.74) is 1.21. The van der Waals surface area contributed by atoms with Crippen LogP contribution in [0.3, 0.4) is 0 Å². The Hall–Kier alpha value is -1.39. The molecular formula is C12H17N3O. The smallest absolute Gasteiger partial charge is 0.223 e. The summed E-state index contributed by atoms with van der Waals surface area (Å²) in [6.07, 6.45) is 0.417. The molecule has 2 unspecified atom stereocenters. The number of carbonyl (C=O) groups is 1. The van der Waals surface area contributed by atoms with Gasteiger partial charge in [-0.25, -0.2) is 0 Å². The predicted molar refractivity (Wildman–Crippen MR) is 62.4 cm³/mol. The molecule has 0 radical (unpaired) electrons. The Labute approximate surface area is 95.4 Å². The van der Waals surface area contributed by atoms with Crippen molar-refractivity contribution in [3.63, 3.8) is 0 Å². The maximum atomic E-state index is 11.3. The fourth-order valence-electron chi connectivity index (χ4n) is 1.81. The van der Waals surface area contributed by atoms with E-state index in [9.17, 15) is 4.79 Å². The van der Waals surface area contributed by atoms with Gasteiger partial charge >= 0.3 is 0 Å². The number of benzene rings is 1. The summed E-state index contributed by atoms with van der Waals surface area (Å²) in [7, 11) is 0. The van der Waals surface area contributed by atoms with Gasteiger partial charge in [0.1, 0.15) is 6.29 Å². The molecule has 86 valence electrons. The zero-order valence-corrected chi connectivity index (χ0v) is 9.36. The van der Waals surface area contributed by atoms with E-state index in [1.54, 1.807) is 0 Å². The van der Waals surface area contributed by atoms with Crippen molar-refractivity contribution in [1.82, 2.24) is 16.0 Å². The molecule has 4 heteroatoms. The van der Waals surface area contributed by atoms with Crippen molar-refractivity contribution in [2.24, 2.45) is 0 Å². The van der Waals surface area contributed by atoms with Gasteiger partial charge in [0, 0.05) is 19.0 Å². The van der Waals surface area contributed by atoms with E-state index in [1.807, 2.05) is 25.1 Å². The highest BCUT2D eigenvalue weighted by atomic mass is 16.2. The van der Waals surface area contributed by atoms with Gasteiger partial charge in [0.05, 0.1) is 0 Å². The first-order valence-corrected chi connectivity index (χ1v) is 5.57. The Balaban J connectivity index is 1.84. The quantitative estimate of drug-likeness (QED) is 0.696. The highest BCUT2D eigenvalue weighted by molar-refractivity contribution is 5.77. The molecule has 0 aromatic heterocycles. The number of carbonyl (C=O) groups excluding carboxylic acids is 1. The van der Waals surface area contributed by atoms with Gasteiger partial charge in [0.2, 0.25) is 5.91 Å². The van der Waals surface area contributed by atoms with Crippen LogP contribution in [-0.4, -0.2) is 18.2 Å². The lowest BCUT2D eigenvalue weighted by molar-refractivity contribution is -0.124. The van der Waals surface area contributed by atoms with Gasteiger partial charge < -0.3 is 5.32 Å². The van der Waals surface area contributed by atoms with Crippen LogP contribution in [0.15, 0.2) is 30.3 Å². The summed E-state index contributed by atoms with van der Waals surface area (Å²) in [5, 5.41) is 9.39. The van der Waals surface area contributed by atoms with Gasteiger partial charge in [-0.05, 0) is 12.5 Å². The maximum Gasteiger partial charge on any atom is 0.223 e. The van der Waals surface area contributed by atoms with E-state index in [0.717, 1.165) is 6.54 Å². The topological polar surface area (TPSA) is 53.2 Å². The molecule has 1 fully saturated rings. The zero-order chi connectivity index (χ0) is 11.4. The van der Waals surface area contributed by atoms with Crippen molar-refractivity contribution in [3.8, 4) is 0 Å². The molecule has 1 heterocycles. The monoisotopic (exact) mass is 219 g/mol. The third kappa shape index (κ3) is 3.05. The van der Waals surface area contributed by atoms with Crippen LogP contribution < -0.4 is 16.0 Å². The predicted octanol–water partition coefficient (Wildman–Crippen LogP) is 0.558. The van der Waals surface area contributed by atoms with Gasteiger partial charge in [0.25, 0.3) is 0 Å². The minimum absolute atomic E-state index is 0.0943. The van der Waals surface area contributed by atoms with Crippen LogP contribution in [0.25, 0.3) is 0 Å². The second kappa shape index (κ2) is 5.09. The van der Waals surface area contributed by atoms with Crippen molar-refractivity contribution in [1.29, 1.82) is 0 Å². The Bertz CT molecular complexity index is 353. The molecule has 0 spiro atoms.